The number of hydrogen-bond acceptors (Lipinski definition) is 3. The highest BCUT2D eigenvalue weighted by Gasteiger charge is 2.43. The van der Waals surface area contributed by atoms with Gasteiger partial charge in [-0.05, 0) is 37.5 Å². The van der Waals surface area contributed by atoms with Crippen LogP contribution in [0.25, 0.3) is 0 Å². The number of rotatable bonds is 2. The van der Waals surface area contributed by atoms with Crippen molar-refractivity contribution >= 4 is 5.91 Å². The molecule has 2 aliphatic carbocycles. The molecule has 0 bridgehead atoms. The van der Waals surface area contributed by atoms with Crippen LogP contribution in [0.3, 0.4) is 0 Å². The number of aromatic nitrogens is 2. The number of aryl methyl sites for hydroxylation is 1. The number of imidazole rings is 1. The molecule has 1 heterocycles. The van der Waals surface area contributed by atoms with E-state index in [9.17, 15) is 9.90 Å². The first-order valence-electron chi connectivity index (χ1n) is 6.97. The number of carbonyl (C=O) groups excluding carboxylic acids is 1. The maximum absolute atomic E-state index is 12.3. The van der Waals surface area contributed by atoms with Crippen LogP contribution in [0.15, 0.2) is 12.5 Å². The lowest BCUT2D eigenvalue weighted by atomic mass is 10.0. The maximum atomic E-state index is 12.3. The van der Waals surface area contributed by atoms with Crippen molar-refractivity contribution < 1.29 is 9.90 Å². The number of nitrogens with zero attached hydrogens (tertiary/aromatic N) is 3. The Morgan fingerprint density at radius 3 is 2.53 bits per heavy atom. The van der Waals surface area contributed by atoms with Gasteiger partial charge in [-0.3, -0.25) is 4.79 Å². The molecule has 2 fully saturated rings. The van der Waals surface area contributed by atoms with Crippen LogP contribution in [0.5, 0.6) is 0 Å². The average Bonchev–Trinajstić information content (AvgIpc) is 3.01. The Labute approximate surface area is 113 Å². The van der Waals surface area contributed by atoms with Crippen molar-refractivity contribution in [2.45, 2.75) is 37.8 Å². The van der Waals surface area contributed by atoms with Crippen molar-refractivity contribution in [3.63, 3.8) is 0 Å². The van der Waals surface area contributed by atoms with Gasteiger partial charge in [-0.25, -0.2) is 4.98 Å². The number of aliphatic hydroxyl groups excluding tert-OH is 1. The van der Waals surface area contributed by atoms with Crippen molar-refractivity contribution in [2.24, 2.45) is 18.9 Å². The summed E-state index contributed by atoms with van der Waals surface area (Å²) in [5, 5.41) is 9.66. The molecule has 2 aliphatic rings. The second kappa shape index (κ2) is 4.63. The Morgan fingerprint density at radius 1 is 1.37 bits per heavy atom. The zero-order valence-corrected chi connectivity index (χ0v) is 11.5. The minimum absolute atomic E-state index is 0.00567. The average molecular weight is 263 g/mol. The normalized spacial score (nSPS) is 33.4. The maximum Gasteiger partial charge on any atom is 0.274 e. The summed E-state index contributed by atoms with van der Waals surface area (Å²) in [7, 11) is 3.74. The molecular formula is C14H21N3O2. The van der Waals surface area contributed by atoms with Gasteiger partial charge in [0.25, 0.3) is 5.91 Å². The third-order valence-corrected chi connectivity index (χ3v) is 4.76. The van der Waals surface area contributed by atoms with Gasteiger partial charge >= 0.3 is 0 Å². The lowest BCUT2D eigenvalue weighted by Crippen LogP contribution is -2.36. The molecule has 3 rings (SSSR count). The monoisotopic (exact) mass is 263 g/mol. The molecule has 1 aromatic rings. The molecular weight excluding hydrogens is 242 g/mol. The lowest BCUT2D eigenvalue weighted by molar-refractivity contribution is 0.0717. The molecule has 0 spiro atoms. The molecule has 0 radical (unpaired) electrons. The van der Waals surface area contributed by atoms with E-state index in [-0.39, 0.29) is 12.0 Å². The second-order valence-corrected chi connectivity index (χ2v) is 6.11. The molecule has 0 aliphatic heterocycles. The van der Waals surface area contributed by atoms with E-state index in [1.165, 1.54) is 0 Å². The van der Waals surface area contributed by atoms with Crippen LogP contribution >= 0.6 is 0 Å². The quantitative estimate of drug-likeness (QED) is 0.867. The molecule has 1 N–H and O–H groups in total. The van der Waals surface area contributed by atoms with E-state index in [0.717, 1.165) is 25.7 Å². The van der Waals surface area contributed by atoms with Crippen LogP contribution in [-0.4, -0.2) is 44.7 Å². The van der Waals surface area contributed by atoms with Crippen molar-refractivity contribution in [1.29, 1.82) is 0 Å². The topological polar surface area (TPSA) is 58.4 Å². The molecule has 4 atom stereocenters. The summed E-state index contributed by atoms with van der Waals surface area (Å²) in [5.74, 6) is 1.20. The summed E-state index contributed by atoms with van der Waals surface area (Å²) < 4.78 is 1.79. The van der Waals surface area contributed by atoms with E-state index in [1.54, 1.807) is 17.1 Å². The highest BCUT2D eigenvalue weighted by atomic mass is 16.3. The van der Waals surface area contributed by atoms with Crippen LogP contribution < -0.4 is 0 Å². The van der Waals surface area contributed by atoms with E-state index >= 15 is 0 Å². The van der Waals surface area contributed by atoms with Crippen LogP contribution in [0.1, 0.15) is 36.2 Å². The predicted octanol–water partition coefficient (Wildman–Crippen LogP) is 1.04. The number of aliphatic hydroxyl groups is 1. The first-order valence-corrected chi connectivity index (χ1v) is 6.97. The minimum Gasteiger partial charge on any atom is -0.393 e. The molecule has 1 amide bonds. The summed E-state index contributed by atoms with van der Waals surface area (Å²) in [6.45, 7) is 0. The first kappa shape index (κ1) is 12.7. The van der Waals surface area contributed by atoms with Gasteiger partial charge in [-0.2, -0.15) is 0 Å². The Hall–Kier alpha value is -1.36. The zero-order chi connectivity index (χ0) is 13.6. The van der Waals surface area contributed by atoms with Crippen LogP contribution in [-0.2, 0) is 7.05 Å². The first-order chi connectivity index (χ1) is 9.04. The van der Waals surface area contributed by atoms with E-state index in [1.807, 2.05) is 19.0 Å². The largest absolute Gasteiger partial charge is 0.393 e. The Balaban J connectivity index is 1.66. The van der Waals surface area contributed by atoms with Crippen LogP contribution in [0.4, 0.5) is 0 Å². The fourth-order valence-corrected chi connectivity index (χ4v) is 3.74. The highest BCUT2D eigenvalue weighted by molar-refractivity contribution is 5.92. The zero-order valence-electron chi connectivity index (χ0n) is 11.5. The molecule has 104 valence electrons. The fraction of sp³-hybridized carbons (Fsp3) is 0.714. The summed E-state index contributed by atoms with van der Waals surface area (Å²) in [5.41, 5.74) is 0.516. The lowest BCUT2D eigenvalue weighted by Gasteiger charge is -2.24. The van der Waals surface area contributed by atoms with Crippen LogP contribution in [0, 0.1) is 11.8 Å². The number of carbonyl (C=O) groups is 1. The summed E-state index contributed by atoms with van der Waals surface area (Å²) in [6.07, 6.45) is 7.17. The smallest absolute Gasteiger partial charge is 0.274 e. The van der Waals surface area contributed by atoms with Crippen molar-refractivity contribution in [1.82, 2.24) is 14.5 Å². The van der Waals surface area contributed by atoms with E-state index in [0.29, 0.717) is 23.6 Å². The molecule has 5 nitrogen and oxygen atoms in total. The predicted molar refractivity (Wildman–Crippen MR) is 70.5 cm³/mol. The summed E-state index contributed by atoms with van der Waals surface area (Å²) in [4.78, 5) is 18.3. The SMILES string of the molecule is CN(C(=O)c1cn(C)cn1)C1C[C@H]2CC(O)C[C@H]2C1. The van der Waals surface area contributed by atoms with Gasteiger partial charge in [0, 0.05) is 26.3 Å². The van der Waals surface area contributed by atoms with Crippen LogP contribution in [0.2, 0.25) is 0 Å². The molecule has 2 saturated carbocycles. The van der Waals surface area contributed by atoms with E-state index < -0.39 is 0 Å². The molecule has 1 aromatic heterocycles. The van der Waals surface area contributed by atoms with Gasteiger partial charge < -0.3 is 14.6 Å². The minimum atomic E-state index is -0.118. The van der Waals surface area contributed by atoms with Gasteiger partial charge in [0.15, 0.2) is 0 Å². The molecule has 19 heavy (non-hydrogen) atoms. The molecule has 2 unspecified atom stereocenters. The molecule has 0 saturated heterocycles. The van der Waals surface area contributed by atoms with Gasteiger partial charge in [0.1, 0.15) is 5.69 Å². The molecule has 0 aromatic carbocycles. The summed E-state index contributed by atoms with van der Waals surface area (Å²) >= 11 is 0. The van der Waals surface area contributed by atoms with Gasteiger partial charge in [0.05, 0.1) is 12.4 Å². The standard InChI is InChI=1S/C14H21N3O2/c1-16-7-13(15-8-16)14(19)17(2)11-3-9-5-12(18)6-10(9)4-11/h7-12,18H,3-6H2,1-2H3/t9-,10+,11?,12?. The van der Waals surface area contributed by atoms with E-state index in [2.05, 4.69) is 4.98 Å². The Kier molecular flexibility index (Phi) is 3.09. The Morgan fingerprint density at radius 2 is 2.00 bits per heavy atom. The third-order valence-electron chi connectivity index (χ3n) is 4.76. The van der Waals surface area contributed by atoms with Gasteiger partial charge in [0.2, 0.25) is 0 Å². The number of amides is 1. The molecule has 5 heteroatoms. The number of fused-ring (bicyclic) bond motifs is 1. The van der Waals surface area contributed by atoms with Crippen molar-refractivity contribution in [2.75, 3.05) is 7.05 Å². The van der Waals surface area contributed by atoms with E-state index in [4.69, 9.17) is 0 Å². The fourth-order valence-electron chi connectivity index (χ4n) is 3.74. The third kappa shape index (κ3) is 2.27. The second-order valence-electron chi connectivity index (χ2n) is 6.11. The van der Waals surface area contributed by atoms with Crippen molar-refractivity contribution in [3.05, 3.63) is 18.2 Å². The summed E-state index contributed by atoms with van der Waals surface area (Å²) in [6, 6.07) is 0.303. The van der Waals surface area contributed by atoms with Gasteiger partial charge in [-0.15, -0.1) is 0 Å². The van der Waals surface area contributed by atoms with Crippen molar-refractivity contribution in [3.8, 4) is 0 Å². The highest BCUT2D eigenvalue weighted by Crippen LogP contribution is 2.45. The Bertz CT molecular complexity index is 471. The van der Waals surface area contributed by atoms with Gasteiger partial charge in [-0.1, -0.05) is 0 Å². The number of hydrogen-bond donors (Lipinski definition) is 1.